The van der Waals surface area contributed by atoms with E-state index < -0.39 is 59.8 Å². The molecule has 0 saturated carbocycles. The molecule has 2 aromatic rings. The second kappa shape index (κ2) is 15.4. The molecule has 0 amide bonds. The lowest BCUT2D eigenvalue weighted by molar-refractivity contribution is -0.198. The molecule has 0 unspecified atom stereocenters. The molecular weight excluding hydrogens is 731 g/mol. The lowest BCUT2D eigenvalue weighted by Crippen LogP contribution is -2.70. The minimum Gasteiger partial charge on any atom is -0.460 e. The molecule has 4 rings (SSSR count). The number of aliphatic imine (C=N–C) groups is 1. The fraction of sp³-hybridized carbons (Fsp3) is 0.667. The van der Waals surface area contributed by atoms with Crippen LogP contribution in [0.4, 0.5) is 0 Å². The Balaban J connectivity index is 1.96. The van der Waals surface area contributed by atoms with Crippen molar-refractivity contribution in [1.82, 2.24) is 0 Å². The topological polar surface area (TPSA) is 75.6 Å². The van der Waals surface area contributed by atoms with Crippen molar-refractivity contribution in [2.24, 2.45) is 4.99 Å². The molecule has 2 aromatic carbocycles. The molecule has 0 N–H and O–H groups in total. The first-order valence-corrected chi connectivity index (χ1v) is 27.8. The van der Waals surface area contributed by atoms with Crippen LogP contribution in [0.25, 0.3) is 0 Å². The number of rotatable bonds is 11. The molecule has 2 aliphatic rings. The van der Waals surface area contributed by atoms with E-state index in [0.29, 0.717) is 0 Å². The van der Waals surface area contributed by atoms with Crippen molar-refractivity contribution >= 4 is 58.1 Å². The molecule has 7 nitrogen and oxygen atoms in total. The first-order valence-electron chi connectivity index (χ1n) is 19.3. The van der Waals surface area contributed by atoms with Crippen molar-refractivity contribution in [1.29, 1.82) is 0 Å². The predicted molar refractivity (Wildman–Crippen MR) is 230 cm³/mol. The van der Waals surface area contributed by atoms with Gasteiger partial charge in [0, 0.05) is 0 Å². The van der Waals surface area contributed by atoms with Crippen molar-refractivity contribution in [3.05, 3.63) is 60.7 Å². The quantitative estimate of drug-likeness (QED) is 0.166. The van der Waals surface area contributed by atoms with Gasteiger partial charge in [0.05, 0.1) is 24.2 Å². The summed E-state index contributed by atoms with van der Waals surface area (Å²) in [6, 6.07) is 20.9. The average Bonchev–Trinajstić information content (AvgIpc) is 3.32. The standard InChI is InChI=1S/C42H69NO6SSi3/c1-30-43-37-36(49-52(16,17)40(8,9)10)35(48-51(14,15)39(5,6)7)33(46-42(37,50-30)28-34(44)47-38(2,3)4)29-45-53(41(11,12)13,31-24-20-18-21-25-31)32-26-22-19-23-27-32/h18-27,33,35-37H,28-29H2,1-17H3/t33-,35+,36+,37-,42-/m1/s1. The summed E-state index contributed by atoms with van der Waals surface area (Å²) < 4.78 is 36.0. The number of fused-ring (bicyclic) bond motifs is 1. The first-order chi connectivity index (χ1) is 24.1. The van der Waals surface area contributed by atoms with Gasteiger partial charge in [0.2, 0.25) is 0 Å². The van der Waals surface area contributed by atoms with Crippen molar-refractivity contribution in [3.8, 4) is 0 Å². The Morgan fingerprint density at radius 1 is 0.736 bits per heavy atom. The van der Waals surface area contributed by atoms with E-state index in [-0.39, 0.29) is 34.1 Å². The van der Waals surface area contributed by atoms with Gasteiger partial charge in [-0.1, -0.05) is 135 Å². The maximum absolute atomic E-state index is 13.8. The maximum atomic E-state index is 13.8. The van der Waals surface area contributed by atoms with Gasteiger partial charge in [-0.3, -0.25) is 9.79 Å². The third kappa shape index (κ3) is 9.52. The number of nitrogens with zero attached hydrogens (tertiary/aromatic N) is 1. The van der Waals surface area contributed by atoms with Crippen molar-refractivity contribution in [2.45, 2.75) is 173 Å². The van der Waals surface area contributed by atoms with E-state index in [4.69, 9.17) is 27.7 Å². The zero-order chi connectivity index (χ0) is 40.1. The van der Waals surface area contributed by atoms with Crippen LogP contribution in [0.5, 0.6) is 0 Å². The molecule has 53 heavy (non-hydrogen) atoms. The number of carbonyl (C=O) groups excluding carboxylic acids is 1. The zero-order valence-corrected chi connectivity index (χ0v) is 39.6. The van der Waals surface area contributed by atoms with Gasteiger partial charge in [-0.25, -0.2) is 0 Å². The molecule has 1 fully saturated rings. The zero-order valence-electron chi connectivity index (χ0n) is 35.8. The summed E-state index contributed by atoms with van der Waals surface area (Å²) in [7, 11) is -7.82. The molecule has 1 saturated heterocycles. The molecular formula is C42H69NO6SSi3. The minimum atomic E-state index is -2.98. The molecule has 11 heteroatoms. The fourth-order valence-corrected chi connectivity index (χ4v) is 15.5. The van der Waals surface area contributed by atoms with E-state index in [2.05, 4.69) is 149 Å². The lowest BCUT2D eigenvalue weighted by Gasteiger charge is -2.55. The van der Waals surface area contributed by atoms with Crippen LogP contribution in [0, 0.1) is 0 Å². The van der Waals surface area contributed by atoms with Gasteiger partial charge in [-0.2, -0.15) is 0 Å². The van der Waals surface area contributed by atoms with Crippen LogP contribution in [-0.4, -0.2) is 77.5 Å². The van der Waals surface area contributed by atoms with E-state index in [1.54, 1.807) is 0 Å². The van der Waals surface area contributed by atoms with E-state index in [9.17, 15) is 4.79 Å². The van der Waals surface area contributed by atoms with Crippen LogP contribution >= 0.6 is 11.8 Å². The number of benzene rings is 2. The Hall–Kier alpha value is -1.58. The molecule has 2 heterocycles. The summed E-state index contributed by atoms with van der Waals surface area (Å²) in [5, 5.41) is 2.86. The summed E-state index contributed by atoms with van der Waals surface area (Å²) in [6.45, 7) is 37.6. The molecule has 5 atom stereocenters. The molecule has 0 radical (unpaired) electrons. The number of thioether (sulfide) groups is 1. The Bertz CT molecular complexity index is 1550. The molecule has 296 valence electrons. The summed E-state index contributed by atoms with van der Waals surface area (Å²) in [5.74, 6) is -0.318. The SMILES string of the molecule is CC1=N[C@@H]2[C@@H](O[Si](C)(C)C(C)(C)C)[C@@H](O[Si](C)(C)C(C)(C)C)[C@@H](CO[Si](c3ccccc3)(c3ccccc3)C(C)(C)C)O[C@]2(CC(=O)OC(C)(C)C)S1. The Morgan fingerprint density at radius 2 is 1.19 bits per heavy atom. The Kier molecular flexibility index (Phi) is 12.8. The van der Waals surface area contributed by atoms with E-state index >= 15 is 0 Å². The van der Waals surface area contributed by atoms with Gasteiger partial charge < -0.3 is 22.8 Å². The fourth-order valence-electron chi connectivity index (χ4n) is 6.93. The molecule has 0 aromatic heterocycles. The van der Waals surface area contributed by atoms with Gasteiger partial charge in [-0.15, -0.1) is 0 Å². The van der Waals surface area contributed by atoms with Crippen LogP contribution in [-0.2, 0) is 27.5 Å². The second-order valence-corrected chi connectivity index (χ2v) is 35.4. The largest absolute Gasteiger partial charge is 0.460 e. The highest BCUT2D eigenvalue weighted by Gasteiger charge is 2.63. The summed E-state index contributed by atoms with van der Waals surface area (Å²) >= 11 is 1.52. The van der Waals surface area contributed by atoms with Gasteiger partial charge in [0.15, 0.2) is 21.6 Å². The van der Waals surface area contributed by atoms with E-state index in [1.165, 1.54) is 22.1 Å². The molecule has 2 aliphatic heterocycles. The summed E-state index contributed by atoms with van der Waals surface area (Å²) in [4.78, 5) is 18.0. The van der Waals surface area contributed by atoms with Crippen LogP contribution in [0.15, 0.2) is 65.7 Å². The Labute approximate surface area is 329 Å². The Morgan fingerprint density at radius 3 is 1.60 bits per heavy atom. The molecule has 0 aliphatic carbocycles. The predicted octanol–water partition coefficient (Wildman–Crippen LogP) is 9.70. The minimum absolute atomic E-state index is 0.0281. The van der Waals surface area contributed by atoms with Gasteiger partial charge >= 0.3 is 5.97 Å². The van der Waals surface area contributed by atoms with Crippen molar-refractivity contribution in [3.63, 3.8) is 0 Å². The smallest absolute Gasteiger partial charge is 0.310 e. The normalized spacial score (nSPS) is 24.8. The third-order valence-corrected chi connectivity index (χ3v) is 26.8. The highest BCUT2D eigenvalue weighted by molar-refractivity contribution is 8.15. The molecule has 0 spiro atoms. The lowest BCUT2D eigenvalue weighted by atomic mass is 9.91. The molecule has 0 bridgehead atoms. The van der Waals surface area contributed by atoms with Gasteiger partial charge in [0.25, 0.3) is 8.32 Å². The number of hydrogen-bond donors (Lipinski definition) is 0. The van der Waals surface area contributed by atoms with Crippen LogP contribution in [0.2, 0.25) is 41.3 Å². The summed E-state index contributed by atoms with van der Waals surface area (Å²) in [6.07, 6.45) is -1.50. The summed E-state index contributed by atoms with van der Waals surface area (Å²) in [5.41, 5.74) is -0.645. The second-order valence-electron chi connectivity index (χ2n) is 20.1. The van der Waals surface area contributed by atoms with Crippen LogP contribution < -0.4 is 10.4 Å². The number of ether oxygens (including phenoxy) is 2. The third-order valence-electron chi connectivity index (χ3n) is 11.6. The van der Waals surface area contributed by atoms with Gasteiger partial charge in [0.1, 0.15) is 23.9 Å². The van der Waals surface area contributed by atoms with Crippen molar-refractivity contribution < 1.29 is 27.5 Å². The monoisotopic (exact) mass is 799 g/mol. The number of carbonyl (C=O) groups is 1. The number of esters is 1. The van der Waals surface area contributed by atoms with Gasteiger partial charge in [-0.05, 0) is 79.4 Å². The van der Waals surface area contributed by atoms with E-state index in [0.717, 1.165) is 5.04 Å². The average molecular weight is 800 g/mol. The maximum Gasteiger partial charge on any atom is 0.310 e. The highest BCUT2D eigenvalue weighted by atomic mass is 32.2. The highest BCUT2D eigenvalue weighted by Crippen LogP contribution is 2.53. The van der Waals surface area contributed by atoms with E-state index in [1.807, 2.05) is 27.7 Å². The van der Waals surface area contributed by atoms with Crippen LogP contribution in [0.3, 0.4) is 0 Å². The van der Waals surface area contributed by atoms with Crippen LogP contribution in [0.1, 0.15) is 96.4 Å². The first kappa shape index (κ1) is 44.1. The van der Waals surface area contributed by atoms with Crippen molar-refractivity contribution in [2.75, 3.05) is 6.61 Å². The number of hydrogen-bond acceptors (Lipinski definition) is 8.